The molecule has 0 saturated heterocycles. The fourth-order valence-corrected chi connectivity index (χ4v) is 0.688. The van der Waals surface area contributed by atoms with Crippen molar-refractivity contribution >= 4 is 0 Å². The van der Waals surface area contributed by atoms with Gasteiger partial charge in [0.05, 0.1) is 0 Å². The van der Waals surface area contributed by atoms with Crippen LogP contribution in [0.5, 0.6) is 0 Å². The summed E-state index contributed by atoms with van der Waals surface area (Å²) in [6, 6.07) is 0. The van der Waals surface area contributed by atoms with Crippen LogP contribution in [0.15, 0.2) is 24.4 Å². The molecule has 58 valence electrons. The third kappa shape index (κ3) is 4.15. The lowest BCUT2D eigenvalue weighted by Crippen LogP contribution is -2.08. The molecule has 2 heteroatoms. The Kier molecular flexibility index (Phi) is 5.88. The Balaban J connectivity index is 3.60. The monoisotopic (exact) mass is 140 g/mol. The molecule has 0 spiro atoms. The van der Waals surface area contributed by atoms with Crippen LogP contribution in [0.4, 0.5) is 0 Å². The summed E-state index contributed by atoms with van der Waals surface area (Å²) >= 11 is 0. The van der Waals surface area contributed by atoms with Gasteiger partial charge in [-0.25, -0.2) is 0 Å². The van der Waals surface area contributed by atoms with Gasteiger partial charge >= 0.3 is 0 Å². The average molecular weight is 140 g/mol. The van der Waals surface area contributed by atoms with Crippen molar-refractivity contribution < 1.29 is 0 Å². The van der Waals surface area contributed by atoms with Gasteiger partial charge < -0.3 is 10.6 Å². The molecule has 0 saturated carbocycles. The van der Waals surface area contributed by atoms with E-state index in [1.54, 1.807) is 0 Å². The van der Waals surface area contributed by atoms with E-state index in [4.69, 9.17) is 0 Å². The van der Waals surface area contributed by atoms with Gasteiger partial charge in [-0.1, -0.05) is 12.7 Å². The second kappa shape index (κ2) is 6.36. The molecule has 0 aromatic heterocycles. The number of hydrogen-bond acceptors (Lipinski definition) is 2. The first-order valence-electron chi connectivity index (χ1n) is 3.48. The van der Waals surface area contributed by atoms with Crippen LogP contribution in [0, 0.1) is 0 Å². The second-order valence-corrected chi connectivity index (χ2v) is 2.07. The van der Waals surface area contributed by atoms with Crippen molar-refractivity contribution in [1.29, 1.82) is 0 Å². The van der Waals surface area contributed by atoms with Gasteiger partial charge in [-0.05, 0) is 31.8 Å². The number of rotatable bonds is 5. The van der Waals surface area contributed by atoms with Crippen molar-refractivity contribution in [3.05, 3.63) is 24.4 Å². The molecule has 0 aliphatic carbocycles. The summed E-state index contributed by atoms with van der Waals surface area (Å²) in [5, 5.41) is 6.04. The molecule has 0 unspecified atom stereocenters. The fourth-order valence-electron chi connectivity index (χ4n) is 0.688. The molecule has 2 nitrogen and oxygen atoms in total. The SMILES string of the molecule is C=C/C(=C\NC)CCNC. The summed E-state index contributed by atoms with van der Waals surface area (Å²) in [5.74, 6) is 0. The lowest BCUT2D eigenvalue weighted by molar-refractivity contribution is 0.790. The minimum Gasteiger partial charge on any atom is -0.394 e. The molecule has 2 N–H and O–H groups in total. The van der Waals surface area contributed by atoms with E-state index in [9.17, 15) is 0 Å². The zero-order valence-electron chi connectivity index (χ0n) is 6.78. The molecule has 0 fully saturated rings. The summed E-state index contributed by atoms with van der Waals surface area (Å²) < 4.78 is 0. The molecular weight excluding hydrogens is 124 g/mol. The van der Waals surface area contributed by atoms with Gasteiger partial charge in [0.25, 0.3) is 0 Å². The zero-order valence-corrected chi connectivity index (χ0v) is 6.78. The van der Waals surface area contributed by atoms with Gasteiger partial charge in [0.1, 0.15) is 0 Å². The highest BCUT2D eigenvalue weighted by Crippen LogP contribution is 1.98. The Bertz CT molecular complexity index is 116. The van der Waals surface area contributed by atoms with Crippen LogP contribution in [-0.4, -0.2) is 20.6 Å². The first-order valence-corrected chi connectivity index (χ1v) is 3.48. The Labute approximate surface area is 63.0 Å². The molecule has 0 aliphatic rings. The summed E-state index contributed by atoms with van der Waals surface area (Å²) in [5.41, 5.74) is 1.23. The van der Waals surface area contributed by atoms with Crippen molar-refractivity contribution in [2.45, 2.75) is 6.42 Å². The molecule has 0 radical (unpaired) electrons. The van der Waals surface area contributed by atoms with E-state index >= 15 is 0 Å². The molecule has 0 heterocycles. The Morgan fingerprint density at radius 3 is 2.60 bits per heavy atom. The standard InChI is InChI=1S/C8H16N2/c1-4-8(7-10-3)5-6-9-2/h4,7,9-10H,1,5-6H2,2-3H3/b8-7+. The van der Waals surface area contributed by atoms with Gasteiger partial charge in [0, 0.05) is 7.05 Å². The van der Waals surface area contributed by atoms with E-state index in [-0.39, 0.29) is 0 Å². The summed E-state index contributed by atoms with van der Waals surface area (Å²) in [4.78, 5) is 0. The Hall–Kier alpha value is -0.760. The van der Waals surface area contributed by atoms with Crippen LogP contribution in [-0.2, 0) is 0 Å². The topological polar surface area (TPSA) is 24.1 Å². The Morgan fingerprint density at radius 2 is 2.20 bits per heavy atom. The molecule has 0 aliphatic heterocycles. The maximum atomic E-state index is 3.70. The van der Waals surface area contributed by atoms with Gasteiger partial charge in [0.2, 0.25) is 0 Å². The van der Waals surface area contributed by atoms with Crippen molar-refractivity contribution in [3.8, 4) is 0 Å². The minimum absolute atomic E-state index is 1.000. The van der Waals surface area contributed by atoms with Crippen molar-refractivity contribution in [1.82, 2.24) is 10.6 Å². The smallest absolute Gasteiger partial charge is 0.00278 e. The molecular formula is C8H16N2. The van der Waals surface area contributed by atoms with E-state index in [1.807, 2.05) is 26.4 Å². The zero-order chi connectivity index (χ0) is 7.82. The van der Waals surface area contributed by atoms with E-state index in [0.29, 0.717) is 0 Å². The minimum atomic E-state index is 1.000. The quantitative estimate of drug-likeness (QED) is 0.554. The first-order chi connectivity index (χ1) is 4.85. The van der Waals surface area contributed by atoms with Gasteiger partial charge in [-0.2, -0.15) is 0 Å². The highest BCUT2D eigenvalue weighted by Gasteiger charge is 1.87. The summed E-state index contributed by atoms with van der Waals surface area (Å²) in [6.07, 6.45) is 4.86. The Morgan fingerprint density at radius 1 is 1.50 bits per heavy atom. The van der Waals surface area contributed by atoms with Crippen LogP contribution < -0.4 is 10.6 Å². The highest BCUT2D eigenvalue weighted by molar-refractivity contribution is 5.14. The lowest BCUT2D eigenvalue weighted by atomic mass is 10.2. The maximum absolute atomic E-state index is 3.70. The first kappa shape index (κ1) is 9.24. The number of allylic oxidation sites excluding steroid dienone is 1. The van der Waals surface area contributed by atoms with Gasteiger partial charge in [-0.3, -0.25) is 0 Å². The van der Waals surface area contributed by atoms with Gasteiger partial charge in [-0.15, -0.1) is 0 Å². The molecule has 0 bridgehead atoms. The summed E-state index contributed by atoms with van der Waals surface area (Å²) in [7, 11) is 3.84. The number of nitrogens with one attached hydrogen (secondary N) is 2. The van der Waals surface area contributed by atoms with E-state index in [0.717, 1.165) is 13.0 Å². The van der Waals surface area contributed by atoms with Crippen LogP contribution in [0.3, 0.4) is 0 Å². The second-order valence-electron chi connectivity index (χ2n) is 2.07. The predicted molar refractivity (Wildman–Crippen MR) is 45.9 cm³/mol. The van der Waals surface area contributed by atoms with Crippen LogP contribution >= 0.6 is 0 Å². The van der Waals surface area contributed by atoms with Gasteiger partial charge in [0.15, 0.2) is 0 Å². The van der Waals surface area contributed by atoms with Crippen molar-refractivity contribution in [3.63, 3.8) is 0 Å². The third-order valence-electron chi connectivity index (χ3n) is 1.26. The molecule has 0 amide bonds. The number of hydrogen-bond donors (Lipinski definition) is 2. The van der Waals surface area contributed by atoms with E-state index < -0.39 is 0 Å². The molecule has 0 rings (SSSR count). The summed E-state index contributed by atoms with van der Waals surface area (Å²) in [6.45, 7) is 4.70. The largest absolute Gasteiger partial charge is 0.394 e. The van der Waals surface area contributed by atoms with E-state index in [2.05, 4.69) is 17.2 Å². The van der Waals surface area contributed by atoms with Crippen LogP contribution in [0.25, 0.3) is 0 Å². The molecule has 0 aromatic rings. The van der Waals surface area contributed by atoms with Crippen molar-refractivity contribution in [2.24, 2.45) is 0 Å². The predicted octanol–water partition coefficient (Wildman–Crippen LogP) is 0.885. The molecule has 10 heavy (non-hydrogen) atoms. The molecule has 0 aromatic carbocycles. The average Bonchev–Trinajstić information content (AvgIpc) is 1.98. The maximum Gasteiger partial charge on any atom is 0.00278 e. The fraction of sp³-hybridized carbons (Fsp3) is 0.500. The van der Waals surface area contributed by atoms with Crippen LogP contribution in [0.1, 0.15) is 6.42 Å². The van der Waals surface area contributed by atoms with E-state index in [1.165, 1.54) is 5.57 Å². The lowest BCUT2D eigenvalue weighted by Gasteiger charge is -1.99. The van der Waals surface area contributed by atoms with Crippen LogP contribution in [0.2, 0.25) is 0 Å². The highest BCUT2D eigenvalue weighted by atomic mass is 14.8. The van der Waals surface area contributed by atoms with Crippen molar-refractivity contribution in [2.75, 3.05) is 20.6 Å². The molecule has 0 atom stereocenters. The normalized spacial score (nSPS) is 11.2. The third-order valence-corrected chi connectivity index (χ3v) is 1.26.